The van der Waals surface area contributed by atoms with Crippen LogP contribution in [0.3, 0.4) is 0 Å². The molecular weight excluding hydrogens is 352 g/mol. The van der Waals surface area contributed by atoms with Gasteiger partial charge in [0.25, 0.3) is 28.9 Å². The Morgan fingerprint density at radius 2 is 1.69 bits per heavy atom. The van der Waals surface area contributed by atoms with Crippen LogP contribution in [0.5, 0.6) is 0 Å². The third-order valence-corrected chi connectivity index (χ3v) is 4.25. The standard InChI is InChI=1S/C14H14N4O8/c1-5-16-7-4-2-3-6(15)8(7)9(19)18(5)12(22)10(20)17-11(21)13(23,24)14(12,25)26/h2-4,22-26H,15H2,1H3,(H,17,20,21). The number of piperidine rings is 1. The van der Waals surface area contributed by atoms with Crippen LogP contribution in [0.25, 0.3) is 10.9 Å². The van der Waals surface area contributed by atoms with E-state index in [2.05, 4.69) is 4.98 Å². The molecule has 3 rings (SSSR count). The van der Waals surface area contributed by atoms with E-state index in [9.17, 15) is 39.9 Å². The van der Waals surface area contributed by atoms with Crippen LogP contribution in [0.15, 0.2) is 23.0 Å². The summed E-state index contributed by atoms with van der Waals surface area (Å²) < 4.78 is 0.120. The number of nitrogens with two attached hydrogens (primary N) is 1. The maximum absolute atomic E-state index is 12.8. The first-order valence-electron chi connectivity index (χ1n) is 7.13. The number of nitrogen functional groups attached to an aromatic ring is 1. The number of fused-ring (bicyclic) bond motifs is 1. The number of nitrogens with one attached hydrogen (secondary N) is 1. The quantitative estimate of drug-likeness (QED) is 0.147. The van der Waals surface area contributed by atoms with Crippen molar-refractivity contribution < 1.29 is 35.1 Å². The molecule has 138 valence electrons. The molecule has 2 amide bonds. The molecule has 0 saturated carbocycles. The minimum absolute atomic E-state index is 0.0837. The number of rotatable bonds is 1. The third-order valence-electron chi connectivity index (χ3n) is 4.25. The molecule has 12 nitrogen and oxygen atoms in total. The predicted octanol–water partition coefficient (Wildman–Crippen LogP) is -4.05. The van der Waals surface area contributed by atoms with Gasteiger partial charge >= 0.3 is 5.79 Å². The number of carbonyl (C=O) groups is 2. The Hall–Kier alpha value is -2.90. The number of benzene rings is 1. The Morgan fingerprint density at radius 3 is 2.31 bits per heavy atom. The van der Waals surface area contributed by atoms with E-state index < -0.39 is 40.5 Å². The Balaban J connectivity index is 2.45. The third kappa shape index (κ3) is 1.89. The molecule has 8 N–H and O–H groups in total. The molecule has 1 atom stereocenters. The van der Waals surface area contributed by atoms with E-state index in [1.807, 2.05) is 0 Å². The van der Waals surface area contributed by atoms with E-state index in [0.29, 0.717) is 0 Å². The highest BCUT2D eigenvalue weighted by Gasteiger charge is 2.74. The molecule has 2 heterocycles. The number of hydrogen-bond acceptors (Lipinski definition) is 10. The zero-order valence-corrected chi connectivity index (χ0v) is 13.2. The molecule has 1 aromatic carbocycles. The molecule has 1 saturated heterocycles. The van der Waals surface area contributed by atoms with Crippen LogP contribution in [-0.4, -0.2) is 58.5 Å². The number of carbonyl (C=O) groups excluding carboxylic acids is 2. The molecule has 0 radical (unpaired) electrons. The van der Waals surface area contributed by atoms with Gasteiger partial charge in [-0.1, -0.05) is 6.07 Å². The van der Waals surface area contributed by atoms with Crippen LogP contribution in [0, 0.1) is 6.92 Å². The number of hydrogen-bond donors (Lipinski definition) is 7. The minimum Gasteiger partial charge on any atom is -0.398 e. The fraction of sp³-hybridized carbons (Fsp3) is 0.286. The Kier molecular flexibility index (Phi) is 3.48. The van der Waals surface area contributed by atoms with Crippen LogP contribution in [0.2, 0.25) is 0 Å². The second-order valence-corrected chi connectivity index (χ2v) is 5.84. The summed E-state index contributed by atoms with van der Waals surface area (Å²) >= 11 is 0. The summed E-state index contributed by atoms with van der Waals surface area (Å²) in [6, 6.07) is 4.23. The lowest BCUT2D eigenvalue weighted by molar-refractivity contribution is -0.408. The van der Waals surface area contributed by atoms with Gasteiger partial charge in [0.05, 0.1) is 10.9 Å². The summed E-state index contributed by atoms with van der Waals surface area (Å²) in [6.45, 7) is 1.14. The molecular formula is C14H14N4O8. The van der Waals surface area contributed by atoms with Crippen LogP contribution < -0.4 is 16.6 Å². The van der Waals surface area contributed by atoms with Crippen molar-refractivity contribution in [3.05, 3.63) is 34.4 Å². The predicted molar refractivity (Wildman–Crippen MR) is 82.8 cm³/mol. The van der Waals surface area contributed by atoms with Gasteiger partial charge in [0.15, 0.2) is 0 Å². The van der Waals surface area contributed by atoms with Crippen molar-refractivity contribution >= 4 is 28.4 Å². The summed E-state index contributed by atoms with van der Waals surface area (Å²) in [7, 11) is 0. The number of aliphatic hydroxyl groups is 5. The molecule has 1 fully saturated rings. The van der Waals surface area contributed by atoms with Crippen molar-refractivity contribution in [3.8, 4) is 0 Å². The zero-order chi connectivity index (χ0) is 19.7. The summed E-state index contributed by atoms with van der Waals surface area (Å²) in [5.74, 6) is -12.3. The summed E-state index contributed by atoms with van der Waals surface area (Å²) in [6.07, 6.45) is 0. The number of nitrogens with zero attached hydrogens (tertiary/aromatic N) is 2. The zero-order valence-electron chi connectivity index (χ0n) is 13.2. The smallest absolute Gasteiger partial charge is 0.306 e. The Labute approximate surface area is 143 Å². The van der Waals surface area contributed by atoms with Gasteiger partial charge in [-0.2, -0.15) is 0 Å². The molecule has 0 spiro atoms. The van der Waals surface area contributed by atoms with Crippen LogP contribution in [-0.2, 0) is 15.3 Å². The summed E-state index contributed by atoms with van der Waals surface area (Å²) in [4.78, 5) is 40.5. The summed E-state index contributed by atoms with van der Waals surface area (Å²) in [5.41, 5.74) is 0.811. The van der Waals surface area contributed by atoms with E-state index in [4.69, 9.17) is 5.73 Å². The van der Waals surface area contributed by atoms with Gasteiger partial charge < -0.3 is 31.3 Å². The fourth-order valence-corrected chi connectivity index (χ4v) is 2.84. The topological polar surface area (TPSA) is 208 Å². The highest BCUT2D eigenvalue weighted by atomic mass is 16.6. The van der Waals surface area contributed by atoms with Gasteiger partial charge in [0.1, 0.15) is 5.82 Å². The Bertz CT molecular complexity index is 1030. The molecule has 1 aromatic heterocycles. The summed E-state index contributed by atoms with van der Waals surface area (Å²) in [5, 5.41) is 51.4. The van der Waals surface area contributed by atoms with Crippen LogP contribution in [0.1, 0.15) is 5.82 Å². The second kappa shape index (κ2) is 5.06. The van der Waals surface area contributed by atoms with Gasteiger partial charge in [-0.25, -0.2) is 4.98 Å². The normalized spacial score (nSPS) is 24.5. The number of amides is 2. The van der Waals surface area contributed by atoms with Crippen molar-refractivity contribution in [2.45, 2.75) is 24.2 Å². The molecule has 0 aliphatic carbocycles. The lowest BCUT2D eigenvalue weighted by atomic mass is 9.87. The molecule has 12 heteroatoms. The first-order valence-corrected chi connectivity index (χ1v) is 7.13. The molecule has 26 heavy (non-hydrogen) atoms. The van der Waals surface area contributed by atoms with Gasteiger partial charge in [-0.15, -0.1) is 0 Å². The fourth-order valence-electron chi connectivity index (χ4n) is 2.84. The maximum atomic E-state index is 12.8. The van der Waals surface area contributed by atoms with E-state index in [-0.39, 0.29) is 21.2 Å². The lowest BCUT2D eigenvalue weighted by Crippen LogP contribution is -2.82. The minimum atomic E-state index is -4.20. The highest BCUT2D eigenvalue weighted by Crippen LogP contribution is 2.37. The Morgan fingerprint density at radius 1 is 1.08 bits per heavy atom. The SMILES string of the molecule is Cc1nc2cccc(N)c2c(=O)n1C1(O)C(=O)NC(=O)C(O)(O)C1(O)O. The van der Waals surface area contributed by atoms with Crippen LogP contribution in [0.4, 0.5) is 5.69 Å². The van der Waals surface area contributed by atoms with Gasteiger partial charge in [-0.05, 0) is 19.1 Å². The first kappa shape index (κ1) is 17.9. The van der Waals surface area contributed by atoms with Crippen molar-refractivity contribution in [1.29, 1.82) is 0 Å². The van der Waals surface area contributed by atoms with E-state index in [0.717, 1.165) is 6.92 Å². The number of aryl methyl sites for hydroxylation is 1. The molecule has 0 bridgehead atoms. The van der Waals surface area contributed by atoms with Crippen molar-refractivity contribution in [2.24, 2.45) is 0 Å². The molecule has 1 aliphatic heterocycles. The first-order chi connectivity index (χ1) is 11.9. The van der Waals surface area contributed by atoms with Gasteiger partial charge in [-0.3, -0.25) is 24.3 Å². The van der Waals surface area contributed by atoms with E-state index in [1.165, 1.54) is 23.5 Å². The lowest BCUT2D eigenvalue weighted by Gasteiger charge is -2.47. The average Bonchev–Trinajstić information content (AvgIpc) is 2.52. The van der Waals surface area contributed by atoms with Crippen LogP contribution >= 0.6 is 0 Å². The van der Waals surface area contributed by atoms with E-state index >= 15 is 0 Å². The van der Waals surface area contributed by atoms with E-state index in [1.54, 1.807) is 0 Å². The monoisotopic (exact) mass is 366 g/mol. The number of aromatic nitrogens is 2. The number of anilines is 1. The van der Waals surface area contributed by atoms with Gasteiger partial charge in [0, 0.05) is 5.69 Å². The van der Waals surface area contributed by atoms with Crippen molar-refractivity contribution in [2.75, 3.05) is 5.73 Å². The molecule has 1 aliphatic rings. The maximum Gasteiger partial charge on any atom is 0.306 e. The van der Waals surface area contributed by atoms with Crippen molar-refractivity contribution in [3.63, 3.8) is 0 Å². The number of imide groups is 1. The second-order valence-electron chi connectivity index (χ2n) is 5.84. The average molecular weight is 366 g/mol. The van der Waals surface area contributed by atoms with Crippen molar-refractivity contribution in [1.82, 2.24) is 14.9 Å². The largest absolute Gasteiger partial charge is 0.398 e. The van der Waals surface area contributed by atoms with Gasteiger partial charge in [0.2, 0.25) is 0 Å². The molecule has 1 unspecified atom stereocenters. The highest BCUT2D eigenvalue weighted by molar-refractivity contribution is 6.05. The molecule has 2 aromatic rings.